The lowest BCUT2D eigenvalue weighted by atomic mass is 10.1. The lowest BCUT2D eigenvalue weighted by Gasteiger charge is -2.10. The first-order valence-electron chi connectivity index (χ1n) is 11.6. The molecule has 1 fully saturated rings. The van der Waals surface area contributed by atoms with E-state index in [0.29, 0.717) is 12.4 Å². The molecule has 34 heavy (non-hydrogen) atoms. The highest BCUT2D eigenvalue weighted by atomic mass is 16.5. The minimum Gasteiger partial charge on any atom is -0.489 e. The standard InChI is InChI=1S/C27H26N6O/c1-29-24-10-8-19-7-9-22(13-23(19)32-24)34-15-18-3-2-4-21(12-18)33-14-20(11-17-5-6-17)25-26(28)30-16-31-27(25)33/h2-4,7-10,12-14,16-17H,5-6,11,15H2,1H3,(H,29,32)(H2,28,30,31). The number of rotatable bonds is 7. The van der Waals surface area contributed by atoms with Crippen LogP contribution in [0.1, 0.15) is 24.0 Å². The second kappa shape index (κ2) is 8.33. The van der Waals surface area contributed by atoms with Gasteiger partial charge in [-0.15, -0.1) is 0 Å². The number of fused-ring (bicyclic) bond motifs is 2. The third kappa shape index (κ3) is 3.90. The summed E-state index contributed by atoms with van der Waals surface area (Å²) in [5.74, 6) is 2.92. The van der Waals surface area contributed by atoms with Crippen LogP contribution >= 0.6 is 0 Å². The fourth-order valence-electron chi connectivity index (χ4n) is 4.44. The Morgan fingerprint density at radius 2 is 1.97 bits per heavy atom. The average molecular weight is 451 g/mol. The number of nitrogens with one attached hydrogen (secondary N) is 1. The first-order chi connectivity index (χ1) is 16.7. The second-order valence-electron chi connectivity index (χ2n) is 8.89. The van der Waals surface area contributed by atoms with Gasteiger partial charge in [0.1, 0.15) is 36.0 Å². The molecule has 0 aliphatic heterocycles. The first-order valence-corrected chi connectivity index (χ1v) is 11.6. The van der Waals surface area contributed by atoms with Gasteiger partial charge in [0.25, 0.3) is 0 Å². The lowest BCUT2D eigenvalue weighted by Crippen LogP contribution is -2.00. The molecule has 3 heterocycles. The Hall–Kier alpha value is -4.13. The predicted octanol–water partition coefficient (Wildman–Crippen LogP) is 5.12. The molecule has 7 nitrogen and oxygen atoms in total. The fourth-order valence-corrected chi connectivity index (χ4v) is 4.44. The number of aromatic nitrogens is 4. The number of nitrogens with zero attached hydrogens (tertiary/aromatic N) is 4. The summed E-state index contributed by atoms with van der Waals surface area (Å²) in [5.41, 5.74) is 11.3. The average Bonchev–Trinajstić information content (AvgIpc) is 3.61. The zero-order chi connectivity index (χ0) is 23.1. The van der Waals surface area contributed by atoms with Crippen molar-refractivity contribution in [2.45, 2.75) is 25.9 Å². The summed E-state index contributed by atoms with van der Waals surface area (Å²) in [5, 5.41) is 5.13. The van der Waals surface area contributed by atoms with Gasteiger partial charge >= 0.3 is 0 Å². The summed E-state index contributed by atoms with van der Waals surface area (Å²) in [6.45, 7) is 0.455. The Balaban J connectivity index is 1.28. The molecule has 3 N–H and O–H groups in total. The summed E-state index contributed by atoms with van der Waals surface area (Å²) in [6.07, 6.45) is 7.30. The third-order valence-corrected chi connectivity index (χ3v) is 6.41. The summed E-state index contributed by atoms with van der Waals surface area (Å²) in [4.78, 5) is 13.4. The summed E-state index contributed by atoms with van der Waals surface area (Å²) >= 11 is 0. The van der Waals surface area contributed by atoms with Crippen LogP contribution in [-0.4, -0.2) is 26.6 Å². The van der Waals surface area contributed by atoms with E-state index in [1.165, 1.54) is 24.7 Å². The van der Waals surface area contributed by atoms with Gasteiger partial charge in [0.2, 0.25) is 0 Å². The molecule has 5 aromatic rings. The Bertz CT molecular complexity index is 1500. The largest absolute Gasteiger partial charge is 0.489 e. The van der Waals surface area contributed by atoms with E-state index in [9.17, 15) is 0 Å². The Kier molecular flexibility index (Phi) is 5.02. The molecule has 1 aliphatic rings. The van der Waals surface area contributed by atoms with E-state index in [2.05, 4.69) is 55.3 Å². The third-order valence-electron chi connectivity index (χ3n) is 6.41. The quantitative estimate of drug-likeness (QED) is 0.357. The zero-order valence-corrected chi connectivity index (χ0v) is 19.0. The van der Waals surface area contributed by atoms with Gasteiger partial charge in [-0.05, 0) is 72.7 Å². The van der Waals surface area contributed by atoms with Crippen LogP contribution in [-0.2, 0) is 13.0 Å². The number of nitrogen functional groups attached to an aromatic ring is 1. The van der Waals surface area contributed by atoms with Crippen molar-refractivity contribution in [3.63, 3.8) is 0 Å². The number of ether oxygens (including phenoxy) is 1. The van der Waals surface area contributed by atoms with E-state index in [1.54, 1.807) is 0 Å². The van der Waals surface area contributed by atoms with E-state index in [0.717, 1.165) is 57.1 Å². The molecule has 0 spiro atoms. The van der Waals surface area contributed by atoms with E-state index < -0.39 is 0 Å². The van der Waals surface area contributed by atoms with Crippen LogP contribution in [0.25, 0.3) is 27.6 Å². The van der Waals surface area contributed by atoms with E-state index in [4.69, 9.17) is 10.5 Å². The molecule has 2 aromatic carbocycles. The maximum Gasteiger partial charge on any atom is 0.150 e. The van der Waals surface area contributed by atoms with Crippen molar-refractivity contribution in [1.29, 1.82) is 0 Å². The number of benzene rings is 2. The van der Waals surface area contributed by atoms with Gasteiger partial charge < -0.3 is 20.4 Å². The fraction of sp³-hybridized carbons (Fsp3) is 0.222. The number of anilines is 2. The molecular formula is C27H26N6O. The number of pyridine rings is 1. The summed E-state index contributed by atoms with van der Waals surface area (Å²) < 4.78 is 8.24. The number of hydrogen-bond acceptors (Lipinski definition) is 6. The molecule has 7 heteroatoms. The molecule has 0 amide bonds. The van der Waals surface area contributed by atoms with Crippen molar-refractivity contribution in [1.82, 2.24) is 19.5 Å². The maximum absolute atomic E-state index is 6.25. The van der Waals surface area contributed by atoms with Gasteiger partial charge in [0.15, 0.2) is 0 Å². The SMILES string of the molecule is CNc1ccc2ccc(OCc3cccc(-n4cc(CC5CC5)c5c(N)ncnc54)c3)cc2n1. The number of nitrogens with two attached hydrogens (primary N) is 1. The maximum atomic E-state index is 6.25. The summed E-state index contributed by atoms with van der Waals surface area (Å²) in [7, 11) is 1.87. The highest BCUT2D eigenvalue weighted by Gasteiger charge is 2.25. The normalized spacial score (nSPS) is 13.4. The Morgan fingerprint density at radius 1 is 1.09 bits per heavy atom. The topological polar surface area (TPSA) is 90.9 Å². The molecule has 0 unspecified atom stereocenters. The van der Waals surface area contributed by atoms with Gasteiger partial charge in [0.05, 0.1) is 10.9 Å². The minimum absolute atomic E-state index is 0.455. The van der Waals surface area contributed by atoms with Crippen LogP contribution in [0.4, 0.5) is 11.6 Å². The van der Waals surface area contributed by atoms with Crippen LogP contribution < -0.4 is 15.8 Å². The van der Waals surface area contributed by atoms with Gasteiger partial charge in [-0.25, -0.2) is 15.0 Å². The highest BCUT2D eigenvalue weighted by molar-refractivity contribution is 5.91. The van der Waals surface area contributed by atoms with Gasteiger partial charge in [-0.3, -0.25) is 0 Å². The predicted molar refractivity (Wildman–Crippen MR) is 135 cm³/mol. The van der Waals surface area contributed by atoms with Crippen molar-refractivity contribution in [3.05, 3.63) is 78.2 Å². The first kappa shape index (κ1) is 20.5. The minimum atomic E-state index is 0.455. The van der Waals surface area contributed by atoms with Gasteiger partial charge in [-0.2, -0.15) is 0 Å². The van der Waals surface area contributed by atoms with Crippen LogP contribution in [0.5, 0.6) is 5.75 Å². The van der Waals surface area contributed by atoms with Crippen molar-refractivity contribution < 1.29 is 4.74 Å². The molecule has 1 aliphatic carbocycles. The van der Waals surface area contributed by atoms with Crippen molar-refractivity contribution >= 4 is 33.6 Å². The molecule has 0 bridgehead atoms. The van der Waals surface area contributed by atoms with Crippen LogP contribution in [0.2, 0.25) is 0 Å². The van der Waals surface area contributed by atoms with Crippen LogP contribution in [0, 0.1) is 5.92 Å². The van der Waals surface area contributed by atoms with Crippen molar-refractivity contribution in [2.24, 2.45) is 5.92 Å². The van der Waals surface area contributed by atoms with Crippen molar-refractivity contribution in [2.75, 3.05) is 18.1 Å². The lowest BCUT2D eigenvalue weighted by molar-refractivity contribution is 0.306. The molecular weight excluding hydrogens is 424 g/mol. The van der Waals surface area contributed by atoms with Gasteiger partial charge in [0, 0.05) is 30.4 Å². The second-order valence-corrected chi connectivity index (χ2v) is 8.89. The van der Waals surface area contributed by atoms with E-state index >= 15 is 0 Å². The molecule has 3 aromatic heterocycles. The Morgan fingerprint density at radius 3 is 2.82 bits per heavy atom. The molecule has 0 atom stereocenters. The molecule has 0 radical (unpaired) electrons. The Labute approximate surface area is 197 Å². The van der Waals surface area contributed by atoms with E-state index in [1.807, 2.05) is 37.4 Å². The molecule has 1 saturated carbocycles. The van der Waals surface area contributed by atoms with E-state index in [-0.39, 0.29) is 0 Å². The highest BCUT2D eigenvalue weighted by Crippen LogP contribution is 2.36. The zero-order valence-electron chi connectivity index (χ0n) is 19.0. The van der Waals surface area contributed by atoms with Crippen LogP contribution in [0.15, 0.2) is 67.1 Å². The monoisotopic (exact) mass is 450 g/mol. The van der Waals surface area contributed by atoms with Crippen LogP contribution in [0.3, 0.4) is 0 Å². The van der Waals surface area contributed by atoms with Gasteiger partial charge in [-0.1, -0.05) is 12.1 Å². The molecule has 170 valence electrons. The smallest absolute Gasteiger partial charge is 0.150 e. The number of hydrogen-bond donors (Lipinski definition) is 2. The van der Waals surface area contributed by atoms with Crippen molar-refractivity contribution in [3.8, 4) is 11.4 Å². The molecule has 6 rings (SSSR count). The summed E-state index contributed by atoms with van der Waals surface area (Å²) in [6, 6.07) is 18.3. The molecule has 0 saturated heterocycles.